The summed E-state index contributed by atoms with van der Waals surface area (Å²) < 4.78 is 11.3. The molecule has 0 aromatic carbocycles. The molecule has 4 nitrogen and oxygen atoms in total. The second-order valence-electron chi connectivity index (χ2n) is 6.54. The highest BCUT2D eigenvalue weighted by molar-refractivity contribution is 5.13. The molecular weight excluding hydrogens is 252 g/mol. The van der Waals surface area contributed by atoms with Crippen LogP contribution in [0.3, 0.4) is 0 Å². The van der Waals surface area contributed by atoms with Gasteiger partial charge in [-0.2, -0.15) is 0 Å². The van der Waals surface area contributed by atoms with E-state index >= 15 is 0 Å². The van der Waals surface area contributed by atoms with Gasteiger partial charge in [-0.15, -0.1) is 0 Å². The van der Waals surface area contributed by atoms with Gasteiger partial charge in [-0.25, -0.2) is 0 Å². The lowest BCUT2D eigenvalue weighted by Crippen LogP contribution is -2.46. The van der Waals surface area contributed by atoms with Gasteiger partial charge in [0.25, 0.3) is 0 Å². The molecule has 0 spiro atoms. The van der Waals surface area contributed by atoms with E-state index < -0.39 is 0 Å². The predicted octanol–water partition coefficient (Wildman–Crippen LogP) is 2.53. The van der Waals surface area contributed by atoms with E-state index in [1.54, 1.807) is 0 Å². The number of methoxy groups -OCH3 is 1. The maximum Gasteiger partial charge on any atom is 0.118 e. The van der Waals surface area contributed by atoms with Crippen molar-refractivity contribution in [3.63, 3.8) is 0 Å². The highest BCUT2D eigenvalue weighted by Crippen LogP contribution is 2.25. The highest BCUT2D eigenvalue weighted by atomic mass is 16.5. The minimum Gasteiger partial charge on any atom is -0.468 e. The summed E-state index contributed by atoms with van der Waals surface area (Å²) in [4.78, 5) is 2.43. The number of hydrogen-bond donors (Lipinski definition) is 1. The SMILES string of the molecule is COC1(C)CCCN(Cc2cc(CNC3CC3)co2)C1. The average molecular weight is 278 g/mol. The molecule has 0 radical (unpaired) electrons. The quantitative estimate of drug-likeness (QED) is 0.868. The molecule has 2 heterocycles. The molecular formula is C16H26N2O2. The van der Waals surface area contributed by atoms with Gasteiger partial charge in [0, 0.05) is 31.8 Å². The number of nitrogens with one attached hydrogen (secondary N) is 1. The van der Waals surface area contributed by atoms with Crippen LogP contribution < -0.4 is 5.32 Å². The van der Waals surface area contributed by atoms with Crippen molar-refractivity contribution in [2.75, 3.05) is 20.2 Å². The van der Waals surface area contributed by atoms with Gasteiger partial charge in [-0.3, -0.25) is 4.90 Å². The minimum absolute atomic E-state index is 0.00119. The molecule has 1 aromatic heterocycles. The molecule has 3 rings (SSSR count). The van der Waals surface area contributed by atoms with Crippen LogP contribution in [0.4, 0.5) is 0 Å². The molecule has 2 fully saturated rings. The molecule has 1 aliphatic heterocycles. The van der Waals surface area contributed by atoms with Crippen molar-refractivity contribution in [2.45, 2.75) is 57.3 Å². The van der Waals surface area contributed by atoms with Crippen molar-refractivity contribution >= 4 is 0 Å². The van der Waals surface area contributed by atoms with Crippen LogP contribution in [0.2, 0.25) is 0 Å². The second-order valence-corrected chi connectivity index (χ2v) is 6.54. The minimum atomic E-state index is 0.00119. The third kappa shape index (κ3) is 3.62. The summed E-state index contributed by atoms with van der Waals surface area (Å²) in [5.74, 6) is 1.07. The number of likely N-dealkylation sites (tertiary alicyclic amines) is 1. The van der Waals surface area contributed by atoms with Crippen molar-refractivity contribution in [3.05, 3.63) is 23.7 Å². The smallest absolute Gasteiger partial charge is 0.118 e. The van der Waals surface area contributed by atoms with Crippen LogP contribution in [-0.2, 0) is 17.8 Å². The molecule has 20 heavy (non-hydrogen) atoms. The molecule has 1 atom stereocenters. The average Bonchev–Trinajstić information content (AvgIpc) is 3.17. The van der Waals surface area contributed by atoms with Crippen LogP contribution in [0, 0.1) is 0 Å². The molecule has 1 saturated carbocycles. The normalized spacial score (nSPS) is 27.9. The second kappa shape index (κ2) is 5.88. The van der Waals surface area contributed by atoms with Crippen molar-refractivity contribution in [1.29, 1.82) is 0 Å². The van der Waals surface area contributed by atoms with Crippen molar-refractivity contribution < 1.29 is 9.15 Å². The summed E-state index contributed by atoms with van der Waals surface area (Å²) in [6.45, 7) is 6.15. The molecule has 0 bridgehead atoms. The van der Waals surface area contributed by atoms with E-state index in [2.05, 4.69) is 23.2 Å². The van der Waals surface area contributed by atoms with Gasteiger partial charge in [-0.05, 0) is 45.2 Å². The lowest BCUT2D eigenvalue weighted by Gasteiger charge is -2.39. The number of nitrogens with zero attached hydrogens (tertiary/aromatic N) is 1. The van der Waals surface area contributed by atoms with Crippen LogP contribution >= 0.6 is 0 Å². The lowest BCUT2D eigenvalue weighted by atomic mass is 9.95. The predicted molar refractivity (Wildman–Crippen MR) is 78.5 cm³/mol. The summed E-state index contributed by atoms with van der Waals surface area (Å²) >= 11 is 0. The van der Waals surface area contributed by atoms with Gasteiger partial charge in [0.05, 0.1) is 18.4 Å². The first-order valence-electron chi connectivity index (χ1n) is 7.74. The van der Waals surface area contributed by atoms with Crippen molar-refractivity contribution in [3.8, 4) is 0 Å². The first-order valence-corrected chi connectivity index (χ1v) is 7.74. The highest BCUT2D eigenvalue weighted by Gasteiger charge is 2.31. The largest absolute Gasteiger partial charge is 0.468 e. The van der Waals surface area contributed by atoms with E-state index in [1.807, 2.05) is 13.4 Å². The zero-order chi connectivity index (χ0) is 14.0. The molecule has 1 aliphatic carbocycles. The van der Waals surface area contributed by atoms with Crippen molar-refractivity contribution in [1.82, 2.24) is 10.2 Å². The van der Waals surface area contributed by atoms with Gasteiger partial charge in [0.15, 0.2) is 0 Å². The molecule has 1 unspecified atom stereocenters. The van der Waals surface area contributed by atoms with Crippen LogP contribution in [-0.4, -0.2) is 36.7 Å². The Morgan fingerprint density at radius 1 is 1.50 bits per heavy atom. The molecule has 1 saturated heterocycles. The summed E-state index contributed by atoms with van der Waals surface area (Å²) in [6.07, 6.45) is 6.89. The van der Waals surface area contributed by atoms with Gasteiger partial charge >= 0.3 is 0 Å². The van der Waals surface area contributed by atoms with Crippen molar-refractivity contribution in [2.24, 2.45) is 0 Å². The fourth-order valence-electron chi connectivity index (χ4n) is 2.98. The summed E-state index contributed by atoms with van der Waals surface area (Å²) in [6, 6.07) is 2.94. The third-order valence-electron chi connectivity index (χ3n) is 4.49. The zero-order valence-electron chi connectivity index (χ0n) is 12.7. The Hall–Kier alpha value is -0.840. The van der Waals surface area contributed by atoms with E-state index in [4.69, 9.17) is 9.15 Å². The third-order valence-corrected chi connectivity index (χ3v) is 4.49. The maximum atomic E-state index is 5.70. The summed E-state index contributed by atoms with van der Waals surface area (Å²) in [7, 11) is 1.82. The van der Waals surface area contributed by atoms with Crippen LogP contribution in [0.25, 0.3) is 0 Å². The van der Waals surface area contributed by atoms with Gasteiger partial charge < -0.3 is 14.5 Å². The Morgan fingerprint density at radius 2 is 2.35 bits per heavy atom. The van der Waals surface area contributed by atoms with E-state index in [-0.39, 0.29) is 5.60 Å². The van der Waals surface area contributed by atoms with Crippen LogP contribution in [0.15, 0.2) is 16.7 Å². The Balaban J connectivity index is 1.51. The molecule has 112 valence electrons. The number of piperidine rings is 1. The van der Waals surface area contributed by atoms with E-state index in [0.29, 0.717) is 0 Å². The monoisotopic (exact) mass is 278 g/mol. The molecule has 1 N–H and O–H groups in total. The Kier molecular flexibility index (Phi) is 4.15. The molecule has 1 aromatic rings. The topological polar surface area (TPSA) is 37.6 Å². The van der Waals surface area contributed by atoms with E-state index in [1.165, 1.54) is 24.8 Å². The number of hydrogen-bond acceptors (Lipinski definition) is 4. The standard InChI is InChI=1S/C16H26N2O2/c1-16(19-2)6-3-7-18(12-16)10-15-8-13(11-20-15)9-17-14-4-5-14/h8,11,14,17H,3-7,9-10,12H2,1-2H3. The molecule has 0 amide bonds. The fourth-order valence-corrected chi connectivity index (χ4v) is 2.98. The maximum absolute atomic E-state index is 5.70. The van der Waals surface area contributed by atoms with Gasteiger partial charge in [-0.1, -0.05) is 0 Å². The van der Waals surface area contributed by atoms with Crippen LogP contribution in [0.5, 0.6) is 0 Å². The van der Waals surface area contributed by atoms with E-state index in [9.17, 15) is 0 Å². The Morgan fingerprint density at radius 3 is 3.10 bits per heavy atom. The Bertz CT molecular complexity index is 441. The van der Waals surface area contributed by atoms with Crippen LogP contribution in [0.1, 0.15) is 43.9 Å². The molecule has 2 aliphatic rings. The number of rotatable bonds is 6. The van der Waals surface area contributed by atoms with E-state index in [0.717, 1.165) is 44.4 Å². The molecule has 4 heteroatoms. The zero-order valence-corrected chi connectivity index (χ0v) is 12.7. The first kappa shape index (κ1) is 14.1. The summed E-state index contributed by atoms with van der Waals surface area (Å²) in [5.41, 5.74) is 1.26. The fraction of sp³-hybridized carbons (Fsp3) is 0.750. The first-order chi connectivity index (χ1) is 9.67. The number of ether oxygens (including phenoxy) is 1. The summed E-state index contributed by atoms with van der Waals surface area (Å²) in [5, 5.41) is 3.52. The van der Waals surface area contributed by atoms with Gasteiger partial charge in [0.1, 0.15) is 5.76 Å². The number of furan rings is 1. The lowest BCUT2D eigenvalue weighted by molar-refractivity contribution is -0.0538. The van der Waals surface area contributed by atoms with Gasteiger partial charge in [0.2, 0.25) is 0 Å². The Labute approximate surface area is 121 Å².